The summed E-state index contributed by atoms with van der Waals surface area (Å²) in [5, 5.41) is 3.83. The summed E-state index contributed by atoms with van der Waals surface area (Å²) in [5.41, 5.74) is 18.3. The van der Waals surface area contributed by atoms with Crippen molar-refractivity contribution in [2.45, 2.75) is 19.3 Å². The number of anilines is 3. The second kappa shape index (κ2) is 13.9. The zero-order chi connectivity index (χ0) is 39.5. The van der Waals surface area contributed by atoms with Crippen LogP contribution in [0, 0.1) is 0 Å². The van der Waals surface area contributed by atoms with Crippen LogP contribution in [0.25, 0.3) is 72.0 Å². The average Bonchev–Trinajstić information content (AvgIpc) is 3.77. The summed E-state index contributed by atoms with van der Waals surface area (Å²) in [6.45, 7) is 4.76. The summed E-state index contributed by atoms with van der Waals surface area (Å²) in [7, 11) is 0. The second-order valence-corrected chi connectivity index (χ2v) is 16.2. The van der Waals surface area contributed by atoms with Crippen molar-refractivity contribution in [1.82, 2.24) is 4.57 Å². The van der Waals surface area contributed by atoms with E-state index in [2.05, 4.69) is 242 Å². The molecule has 0 N–H and O–H groups in total. The fraction of sp³-hybridized carbons (Fsp3) is 0.0526. The standard InChI is InChI=1S/C57H42N2/c1-57(2)53-37-30-44(38-52(53)56-55(57)51-21-11-12-23-54(51)59(56)45-18-7-4-8-19-45)41-26-33-47(34-27-41)58(46-31-24-40(25-32-46)39-14-5-3-6-15-39)48-35-28-43(29-36-48)50-22-13-17-42-16-9-10-20-49(42)50/h3-38H,1-2H3. The summed E-state index contributed by atoms with van der Waals surface area (Å²) in [6.07, 6.45) is 0. The molecule has 280 valence electrons. The highest BCUT2D eigenvalue weighted by Gasteiger charge is 2.40. The zero-order valence-electron chi connectivity index (χ0n) is 33.2. The molecular weight excluding hydrogens is 713 g/mol. The molecule has 0 aliphatic heterocycles. The fourth-order valence-corrected chi connectivity index (χ4v) is 9.52. The van der Waals surface area contributed by atoms with Crippen molar-refractivity contribution < 1.29 is 0 Å². The number of rotatable bonds is 7. The Morgan fingerprint density at radius 3 is 1.58 bits per heavy atom. The van der Waals surface area contributed by atoms with Crippen LogP contribution in [0.1, 0.15) is 25.0 Å². The van der Waals surface area contributed by atoms with Gasteiger partial charge in [-0.1, -0.05) is 172 Å². The Bertz CT molecular complexity index is 3130. The van der Waals surface area contributed by atoms with E-state index in [1.807, 2.05) is 0 Å². The van der Waals surface area contributed by atoms with E-state index in [9.17, 15) is 0 Å². The molecule has 0 bridgehead atoms. The average molecular weight is 755 g/mol. The topological polar surface area (TPSA) is 8.17 Å². The van der Waals surface area contributed by atoms with E-state index in [4.69, 9.17) is 0 Å². The molecule has 0 unspecified atom stereocenters. The van der Waals surface area contributed by atoms with Crippen LogP contribution in [-0.4, -0.2) is 4.57 Å². The van der Waals surface area contributed by atoms with Crippen LogP contribution >= 0.6 is 0 Å². The summed E-state index contributed by atoms with van der Waals surface area (Å²) in [4.78, 5) is 2.36. The van der Waals surface area contributed by atoms with Crippen LogP contribution in [0.4, 0.5) is 17.1 Å². The monoisotopic (exact) mass is 754 g/mol. The van der Waals surface area contributed by atoms with E-state index in [-0.39, 0.29) is 5.41 Å². The molecule has 0 radical (unpaired) electrons. The van der Waals surface area contributed by atoms with Gasteiger partial charge in [-0.3, -0.25) is 0 Å². The lowest BCUT2D eigenvalue weighted by atomic mass is 9.81. The van der Waals surface area contributed by atoms with Crippen molar-refractivity contribution in [3.8, 4) is 50.3 Å². The molecule has 1 aromatic heterocycles. The van der Waals surface area contributed by atoms with Gasteiger partial charge in [0.2, 0.25) is 0 Å². The maximum atomic E-state index is 2.47. The largest absolute Gasteiger partial charge is 0.311 e. The van der Waals surface area contributed by atoms with Gasteiger partial charge in [0.05, 0.1) is 11.2 Å². The van der Waals surface area contributed by atoms with Crippen molar-refractivity contribution in [1.29, 1.82) is 0 Å². The van der Waals surface area contributed by atoms with Gasteiger partial charge in [-0.25, -0.2) is 0 Å². The van der Waals surface area contributed by atoms with Crippen molar-refractivity contribution in [3.05, 3.63) is 230 Å². The molecule has 2 nitrogen and oxygen atoms in total. The molecule has 59 heavy (non-hydrogen) atoms. The Kier molecular flexibility index (Phi) is 8.20. The number of fused-ring (bicyclic) bond motifs is 6. The van der Waals surface area contributed by atoms with Crippen LogP contribution in [-0.2, 0) is 5.41 Å². The molecule has 0 saturated carbocycles. The molecule has 2 heteroatoms. The molecule has 0 spiro atoms. The zero-order valence-corrected chi connectivity index (χ0v) is 33.2. The molecule has 0 saturated heterocycles. The highest BCUT2D eigenvalue weighted by Crippen LogP contribution is 2.54. The van der Waals surface area contributed by atoms with Gasteiger partial charge in [0.25, 0.3) is 0 Å². The predicted octanol–water partition coefficient (Wildman–Crippen LogP) is 15.6. The van der Waals surface area contributed by atoms with Gasteiger partial charge in [0.15, 0.2) is 0 Å². The first-order chi connectivity index (χ1) is 29.0. The number of benzene rings is 9. The van der Waals surface area contributed by atoms with Gasteiger partial charge in [0.1, 0.15) is 0 Å². The maximum Gasteiger partial charge on any atom is 0.0585 e. The Labute approximate surface area is 345 Å². The first-order valence-electron chi connectivity index (χ1n) is 20.5. The molecule has 11 rings (SSSR count). The third kappa shape index (κ3) is 5.79. The minimum Gasteiger partial charge on any atom is -0.311 e. The molecule has 9 aromatic carbocycles. The summed E-state index contributed by atoms with van der Waals surface area (Å²) in [5.74, 6) is 0. The van der Waals surface area contributed by atoms with Crippen LogP contribution < -0.4 is 4.90 Å². The number of nitrogens with zero attached hydrogens (tertiary/aromatic N) is 2. The molecule has 1 aliphatic rings. The van der Waals surface area contributed by atoms with Crippen molar-refractivity contribution in [2.24, 2.45) is 0 Å². The van der Waals surface area contributed by atoms with Crippen molar-refractivity contribution in [3.63, 3.8) is 0 Å². The van der Waals surface area contributed by atoms with E-state index < -0.39 is 0 Å². The van der Waals surface area contributed by atoms with E-state index in [0.29, 0.717) is 0 Å². The van der Waals surface area contributed by atoms with E-state index in [0.717, 1.165) is 17.1 Å². The van der Waals surface area contributed by atoms with Gasteiger partial charge < -0.3 is 9.47 Å². The lowest BCUT2D eigenvalue weighted by Crippen LogP contribution is -2.14. The van der Waals surface area contributed by atoms with Crippen LogP contribution in [0.3, 0.4) is 0 Å². The molecule has 10 aromatic rings. The highest BCUT2D eigenvalue weighted by atomic mass is 15.1. The third-order valence-electron chi connectivity index (χ3n) is 12.4. The second-order valence-electron chi connectivity index (χ2n) is 16.2. The highest BCUT2D eigenvalue weighted by molar-refractivity contribution is 6.00. The van der Waals surface area contributed by atoms with Gasteiger partial charge in [0, 0.05) is 39.1 Å². The van der Waals surface area contributed by atoms with Gasteiger partial charge in [-0.15, -0.1) is 0 Å². The number of hydrogen-bond donors (Lipinski definition) is 0. The normalized spacial score (nSPS) is 12.7. The van der Waals surface area contributed by atoms with Crippen LogP contribution in [0.2, 0.25) is 0 Å². The van der Waals surface area contributed by atoms with E-state index in [1.54, 1.807) is 0 Å². The lowest BCUT2D eigenvalue weighted by Gasteiger charge is -2.26. The van der Waals surface area contributed by atoms with Gasteiger partial charge in [-0.05, 0) is 116 Å². The number of para-hydroxylation sites is 2. The Morgan fingerprint density at radius 1 is 0.390 bits per heavy atom. The molecule has 0 atom stereocenters. The number of aromatic nitrogens is 1. The fourth-order valence-electron chi connectivity index (χ4n) is 9.52. The quantitative estimate of drug-likeness (QED) is 0.157. The Morgan fingerprint density at radius 2 is 0.898 bits per heavy atom. The Hall–Kier alpha value is -7.42. The van der Waals surface area contributed by atoms with Crippen LogP contribution in [0.5, 0.6) is 0 Å². The lowest BCUT2D eigenvalue weighted by molar-refractivity contribution is 0.666. The summed E-state index contributed by atoms with van der Waals surface area (Å²) in [6, 6.07) is 79.6. The van der Waals surface area contributed by atoms with Gasteiger partial charge in [-0.2, -0.15) is 0 Å². The van der Waals surface area contributed by atoms with E-state index >= 15 is 0 Å². The number of hydrogen-bond acceptors (Lipinski definition) is 1. The minimum atomic E-state index is -0.133. The van der Waals surface area contributed by atoms with Crippen molar-refractivity contribution >= 4 is 38.7 Å². The van der Waals surface area contributed by atoms with Crippen LogP contribution in [0.15, 0.2) is 218 Å². The smallest absolute Gasteiger partial charge is 0.0585 e. The molecule has 1 heterocycles. The van der Waals surface area contributed by atoms with Gasteiger partial charge >= 0.3 is 0 Å². The molecule has 1 aliphatic carbocycles. The maximum absolute atomic E-state index is 2.47. The first kappa shape index (κ1) is 34.8. The summed E-state index contributed by atoms with van der Waals surface area (Å²) >= 11 is 0. The third-order valence-corrected chi connectivity index (χ3v) is 12.4. The van der Waals surface area contributed by atoms with E-state index in [1.165, 1.54) is 83.1 Å². The summed E-state index contributed by atoms with van der Waals surface area (Å²) < 4.78 is 2.47. The molecule has 0 amide bonds. The first-order valence-corrected chi connectivity index (χ1v) is 20.5. The molecular formula is C57H42N2. The minimum absolute atomic E-state index is 0.133. The SMILES string of the molecule is CC1(C)c2ccc(-c3ccc(N(c4ccc(-c5ccccc5)cc4)c4ccc(-c5cccc6ccccc56)cc4)cc3)cc2-c2c1c1ccccc1n2-c1ccccc1. The molecule has 0 fully saturated rings. The predicted molar refractivity (Wildman–Crippen MR) is 249 cm³/mol. The Balaban J connectivity index is 0.994. The van der Waals surface area contributed by atoms with Crippen molar-refractivity contribution in [2.75, 3.05) is 4.90 Å².